The lowest BCUT2D eigenvalue weighted by Crippen LogP contribution is -2.22. The van der Waals surface area contributed by atoms with Crippen molar-refractivity contribution < 1.29 is 0 Å². The second-order valence-corrected chi connectivity index (χ2v) is 5.86. The molecule has 20 heavy (non-hydrogen) atoms. The van der Waals surface area contributed by atoms with Gasteiger partial charge in [0.1, 0.15) is 0 Å². The molecule has 3 rings (SSSR count). The van der Waals surface area contributed by atoms with Crippen molar-refractivity contribution in [2.24, 2.45) is 5.92 Å². The van der Waals surface area contributed by atoms with Gasteiger partial charge in [-0.25, -0.2) is 0 Å². The molecule has 1 aliphatic rings. The summed E-state index contributed by atoms with van der Waals surface area (Å²) in [5, 5.41) is 3.76. The van der Waals surface area contributed by atoms with Crippen LogP contribution in [0.5, 0.6) is 0 Å². The van der Waals surface area contributed by atoms with Crippen LogP contribution in [0.2, 0.25) is 0 Å². The summed E-state index contributed by atoms with van der Waals surface area (Å²) in [6.07, 6.45) is 8.38. The van der Waals surface area contributed by atoms with Gasteiger partial charge >= 0.3 is 0 Å². The molecule has 1 saturated carbocycles. The highest BCUT2D eigenvalue weighted by atomic mass is 15.0. The molecule has 2 nitrogen and oxygen atoms in total. The maximum absolute atomic E-state index is 3.76. The number of hydrogen-bond donors (Lipinski definition) is 1. The van der Waals surface area contributed by atoms with Gasteiger partial charge in [0, 0.05) is 31.5 Å². The fourth-order valence-corrected chi connectivity index (χ4v) is 2.87. The summed E-state index contributed by atoms with van der Waals surface area (Å²) < 4.78 is 2.28. The summed E-state index contributed by atoms with van der Waals surface area (Å²) in [6, 6.07) is 13.6. The molecular formula is C18H24N2. The van der Waals surface area contributed by atoms with E-state index in [1.807, 2.05) is 0 Å². The molecule has 0 spiro atoms. The zero-order chi connectivity index (χ0) is 13.8. The van der Waals surface area contributed by atoms with E-state index in [1.165, 1.54) is 30.4 Å². The molecule has 0 aliphatic heterocycles. The maximum Gasteiger partial charge on any atom is 0.0351 e. The van der Waals surface area contributed by atoms with Crippen LogP contribution < -0.4 is 5.32 Å². The molecule has 1 N–H and O–H groups in total. The first-order valence-corrected chi connectivity index (χ1v) is 7.80. The molecule has 1 aliphatic carbocycles. The summed E-state index contributed by atoms with van der Waals surface area (Å²) in [5.74, 6) is 0.829. The average Bonchev–Trinajstić information content (AvgIpc) is 3.21. The fraction of sp³-hybridized carbons (Fsp3) is 0.444. The van der Waals surface area contributed by atoms with Crippen LogP contribution in [0, 0.1) is 5.92 Å². The smallest absolute Gasteiger partial charge is 0.0351 e. The number of hydrogen-bond acceptors (Lipinski definition) is 1. The zero-order valence-electron chi connectivity index (χ0n) is 12.3. The fourth-order valence-electron chi connectivity index (χ4n) is 2.87. The van der Waals surface area contributed by atoms with E-state index in [4.69, 9.17) is 0 Å². The predicted octanol–water partition coefficient (Wildman–Crippen LogP) is 4.14. The third-order valence-electron chi connectivity index (χ3n) is 4.07. The molecule has 1 aromatic carbocycles. The molecule has 1 atom stereocenters. The Labute approximate surface area is 121 Å². The summed E-state index contributed by atoms with van der Waals surface area (Å²) in [6.45, 7) is 4.30. The second kappa shape index (κ2) is 6.27. The third-order valence-corrected chi connectivity index (χ3v) is 4.07. The Bertz CT molecular complexity index is 525. The largest absolute Gasteiger partial charge is 0.354 e. The highest BCUT2D eigenvalue weighted by Gasteiger charge is 2.31. The molecule has 1 aromatic heterocycles. The van der Waals surface area contributed by atoms with Crippen LogP contribution in [0.1, 0.15) is 43.4 Å². The van der Waals surface area contributed by atoms with Crippen LogP contribution in [-0.2, 0) is 13.1 Å². The van der Waals surface area contributed by atoms with Gasteiger partial charge in [-0.05, 0) is 42.4 Å². The van der Waals surface area contributed by atoms with Crippen LogP contribution >= 0.6 is 0 Å². The SMILES string of the molecule is CCCn1ccc(CNC(c2ccccc2)C2CC2)c1. The van der Waals surface area contributed by atoms with Gasteiger partial charge in [-0.2, -0.15) is 0 Å². The van der Waals surface area contributed by atoms with Crippen LogP contribution in [0.3, 0.4) is 0 Å². The molecule has 0 radical (unpaired) electrons. The Morgan fingerprint density at radius 3 is 2.70 bits per heavy atom. The van der Waals surface area contributed by atoms with Gasteiger partial charge in [-0.3, -0.25) is 0 Å². The molecule has 1 fully saturated rings. The van der Waals surface area contributed by atoms with Crippen LogP contribution in [-0.4, -0.2) is 4.57 Å². The molecule has 1 unspecified atom stereocenters. The first kappa shape index (κ1) is 13.4. The molecule has 106 valence electrons. The number of nitrogens with one attached hydrogen (secondary N) is 1. The molecule has 0 amide bonds. The minimum Gasteiger partial charge on any atom is -0.354 e. The number of benzene rings is 1. The van der Waals surface area contributed by atoms with E-state index < -0.39 is 0 Å². The number of aryl methyl sites for hydroxylation is 1. The Morgan fingerprint density at radius 2 is 2.00 bits per heavy atom. The Morgan fingerprint density at radius 1 is 1.20 bits per heavy atom. The Balaban J connectivity index is 1.62. The van der Waals surface area contributed by atoms with Gasteiger partial charge in [-0.15, -0.1) is 0 Å². The lowest BCUT2D eigenvalue weighted by atomic mass is 10.0. The summed E-state index contributed by atoms with van der Waals surface area (Å²) in [4.78, 5) is 0. The third kappa shape index (κ3) is 3.31. The average molecular weight is 268 g/mol. The van der Waals surface area contributed by atoms with Crippen LogP contribution in [0.15, 0.2) is 48.8 Å². The van der Waals surface area contributed by atoms with Gasteiger partial charge in [0.05, 0.1) is 0 Å². The van der Waals surface area contributed by atoms with E-state index in [1.54, 1.807) is 0 Å². The molecular weight excluding hydrogens is 244 g/mol. The molecule has 2 heteroatoms. The first-order chi connectivity index (χ1) is 9.86. The van der Waals surface area contributed by atoms with E-state index in [-0.39, 0.29) is 0 Å². The number of rotatable bonds is 7. The summed E-state index contributed by atoms with van der Waals surface area (Å²) in [5.41, 5.74) is 2.82. The van der Waals surface area contributed by atoms with E-state index in [9.17, 15) is 0 Å². The van der Waals surface area contributed by atoms with Crippen molar-refractivity contribution in [2.75, 3.05) is 0 Å². The van der Waals surface area contributed by atoms with Crippen molar-refractivity contribution >= 4 is 0 Å². The van der Waals surface area contributed by atoms with E-state index >= 15 is 0 Å². The van der Waals surface area contributed by atoms with Crippen LogP contribution in [0.25, 0.3) is 0 Å². The van der Waals surface area contributed by atoms with Crippen LogP contribution in [0.4, 0.5) is 0 Å². The standard InChI is InChI=1S/C18H24N2/c1-2-11-20-12-10-15(14-20)13-19-18(17-8-9-17)16-6-4-3-5-7-16/h3-7,10,12,14,17-19H,2,8-9,11,13H2,1H3. The lowest BCUT2D eigenvalue weighted by Gasteiger charge is -2.18. The van der Waals surface area contributed by atoms with Crippen molar-refractivity contribution in [3.05, 3.63) is 59.9 Å². The number of nitrogens with zero attached hydrogens (tertiary/aromatic N) is 1. The molecule has 1 heterocycles. The quantitative estimate of drug-likeness (QED) is 0.798. The highest BCUT2D eigenvalue weighted by molar-refractivity contribution is 5.21. The second-order valence-electron chi connectivity index (χ2n) is 5.86. The monoisotopic (exact) mass is 268 g/mol. The van der Waals surface area contributed by atoms with Gasteiger partial charge < -0.3 is 9.88 Å². The van der Waals surface area contributed by atoms with Gasteiger partial charge in [0.15, 0.2) is 0 Å². The topological polar surface area (TPSA) is 17.0 Å². The molecule has 2 aromatic rings. The summed E-state index contributed by atoms with van der Waals surface area (Å²) >= 11 is 0. The lowest BCUT2D eigenvalue weighted by molar-refractivity contribution is 0.480. The Hall–Kier alpha value is -1.54. The molecule has 0 saturated heterocycles. The maximum atomic E-state index is 3.76. The van der Waals surface area contributed by atoms with E-state index in [0.29, 0.717) is 6.04 Å². The highest BCUT2D eigenvalue weighted by Crippen LogP contribution is 2.41. The van der Waals surface area contributed by atoms with E-state index in [2.05, 4.69) is 65.6 Å². The van der Waals surface area contributed by atoms with Gasteiger partial charge in [0.25, 0.3) is 0 Å². The van der Waals surface area contributed by atoms with E-state index in [0.717, 1.165) is 19.0 Å². The first-order valence-electron chi connectivity index (χ1n) is 7.80. The normalized spacial score (nSPS) is 16.2. The summed E-state index contributed by atoms with van der Waals surface area (Å²) in [7, 11) is 0. The minimum atomic E-state index is 0.519. The zero-order valence-corrected chi connectivity index (χ0v) is 12.3. The minimum absolute atomic E-state index is 0.519. The van der Waals surface area contributed by atoms with Crippen molar-refractivity contribution in [1.29, 1.82) is 0 Å². The Kier molecular flexibility index (Phi) is 4.22. The predicted molar refractivity (Wildman–Crippen MR) is 83.5 cm³/mol. The number of aromatic nitrogens is 1. The van der Waals surface area contributed by atoms with Gasteiger partial charge in [0.2, 0.25) is 0 Å². The van der Waals surface area contributed by atoms with Crippen molar-refractivity contribution in [2.45, 2.75) is 45.3 Å². The van der Waals surface area contributed by atoms with Crippen molar-refractivity contribution in [3.63, 3.8) is 0 Å². The van der Waals surface area contributed by atoms with Crippen molar-refractivity contribution in [1.82, 2.24) is 9.88 Å². The van der Waals surface area contributed by atoms with Gasteiger partial charge in [-0.1, -0.05) is 37.3 Å². The molecule has 0 bridgehead atoms. The van der Waals surface area contributed by atoms with Crippen molar-refractivity contribution in [3.8, 4) is 0 Å².